The van der Waals surface area contributed by atoms with Crippen LogP contribution in [0, 0.1) is 0 Å². The summed E-state index contributed by atoms with van der Waals surface area (Å²) in [5.74, 6) is 2.09. The quantitative estimate of drug-likeness (QED) is 0.652. The minimum absolute atomic E-state index is 0.270. The molecule has 2 aromatic carbocycles. The van der Waals surface area contributed by atoms with Crippen molar-refractivity contribution in [3.05, 3.63) is 41.7 Å². The standard InChI is InChI=1S/C23H28N4O4/c1-14(2)26-8-9-27-18-7-6-16(12-17(18)25-21(27)13-26)24-23(28)15-10-19(29-3)22(31-5)20(11-15)30-4/h6-7,10-12,14H,8-9,13H2,1-5H3,(H,24,28). The Morgan fingerprint density at radius 3 is 2.35 bits per heavy atom. The molecule has 4 rings (SSSR count). The molecule has 1 aliphatic rings. The van der Waals surface area contributed by atoms with Crippen molar-refractivity contribution in [2.45, 2.75) is 33.0 Å². The third-order valence-electron chi connectivity index (χ3n) is 5.70. The normalized spacial score (nSPS) is 13.9. The highest BCUT2D eigenvalue weighted by molar-refractivity contribution is 6.05. The van der Waals surface area contributed by atoms with Crippen LogP contribution in [-0.4, -0.2) is 54.3 Å². The fraction of sp³-hybridized carbons (Fsp3) is 0.391. The lowest BCUT2D eigenvalue weighted by atomic mass is 10.1. The van der Waals surface area contributed by atoms with Gasteiger partial charge in [-0.25, -0.2) is 4.98 Å². The van der Waals surface area contributed by atoms with Crippen molar-refractivity contribution in [3.63, 3.8) is 0 Å². The Balaban J connectivity index is 1.60. The molecule has 0 atom stereocenters. The Morgan fingerprint density at radius 1 is 1.03 bits per heavy atom. The summed E-state index contributed by atoms with van der Waals surface area (Å²) < 4.78 is 18.3. The number of methoxy groups -OCH3 is 3. The van der Waals surface area contributed by atoms with Crippen LogP contribution in [-0.2, 0) is 13.1 Å². The van der Waals surface area contributed by atoms with E-state index in [1.807, 2.05) is 18.2 Å². The van der Waals surface area contributed by atoms with Crippen LogP contribution in [0.1, 0.15) is 30.0 Å². The molecule has 31 heavy (non-hydrogen) atoms. The lowest BCUT2D eigenvalue weighted by molar-refractivity contribution is 0.102. The van der Waals surface area contributed by atoms with Gasteiger partial charge in [0.1, 0.15) is 5.82 Å². The lowest BCUT2D eigenvalue weighted by Crippen LogP contribution is -2.38. The topological polar surface area (TPSA) is 77.9 Å². The third-order valence-corrected chi connectivity index (χ3v) is 5.70. The number of carbonyl (C=O) groups is 1. The molecule has 0 spiro atoms. The number of nitrogens with zero attached hydrogens (tertiary/aromatic N) is 3. The predicted octanol–water partition coefficient (Wildman–Crippen LogP) is 3.54. The second-order valence-corrected chi connectivity index (χ2v) is 7.82. The maximum absolute atomic E-state index is 12.9. The molecule has 0 aliphatic carbocycles. The number of hydrogen-bond donors (Lipinski definition) is 1. The van der Waals surface area contributed by atoms with Crippen molar-refractivity contribution in [2.75, 3.05) is 33.2 Å². The Bertz CT molecular complexity index is 1100. The summed E-state index contributed by atoms with van der Waals surface area (Å²) in [6.45, 7) is 7.17. The highest BCUT2D eigenvalue weighted by atomic mass is 16.5. The SMILES string of the molecule is COc1cc(C(=O)Nc2ccc3c(c2)nc2n3CCN(C(C)C)C2)cc(OC)c1OC. The first kappa shape index (κ1) is 21.0. The fourth-order valence-electron chi connectivity index (χ4n) is 3.97. The van der Waals surface area contributed by atoms with Crippen LogP contribution >= 0.6 is 0 Å². The summed E-state index contributed by atoms with van der Waals surface area (Å²) in [5.41, 5.74) is 3.06. The minimum Gasteiger partial charge on any atom is -0.493 e. The maximum atomic E-state index is 12.9. The number of benzene rings is 2. The van der Waals surface area contributed by atoms with E-state index in [-0.39, 0.29) is 5.91 Å². The molecular formula is C23H28N4O4. The van der Waals surface area contributed by atoms with Crippen LogP contribution in [0.5, 0.6) is 17.2 Å². The number of ether oxygens (including phenoxy) is 3. The molecule has 1 amide bonds. The van der Waals surface area contributed by atoms with Crippen LogP contribution in [0.15, 0.2) is 30.3 Å². The molecule has 0 fully saturated rings. The summed E-state index contributed by atoms with van der Waals surface area (Å²) in [5, 5.41) is 2.95. The smallest absolute Gasteiger partial charge is 0.255 e. The first-order chi connectivity index (χ1) is 14.9. The molecule has 0 unspecified atom stereocenters. The summed E-state index contributed by atoms with van der Waals surface area (Å²) in [6.07, 6.45) is 0. The molecular weight excluding hydrogens is 396 g/mol. The number of rotatable bonds is 6. The number of carbonyl (C=O) groups excluding carboxylic acids is 1. The third kappa shape index (κ3) is 3.90. The zero-order valence-corrected chi connectivity index (χ0v) is 18.6. The Labute approximate surface area is 181 Å². The van der Waals surface area contributed by atoms with E-state index in [1.54, 1.807) is 12.1 Å². The predicted molar refractivity (Wildman–Crippen MR) is 119 cm³/mol. The fourth-order valence-corrected chi connectivity index (χ4v) is 3.97. The van der Waals surface area contributed by atoms with Crippen LogP contribution in [0.3, 0.4) is 0 Å². The zero-order chi connectivity index (χ0) is 22.1. The van der Waals surface area contributed by atoms with Gasteiger partial charge in [0, 0.05) is 30.4 Å². The number of amides is 1. The van der Waals surface area contributed by atoms with Gasteiger partial charge in [-0.05, 0) is 44.2 Å². The summed E-state index contributed by atoms with van der Waals surface area (Å²) in [6, 6.07) is 9.58. The number of fused-ring (bicyclic) bond motifs is 3. The van der Waals surface area contributed by atoms with Gasteiger partial charge < -0.3 is 24.1 Å². The van der Waals surface area contributed by atoms with Gasteiger partial charge in [-0.1, -0.05) is 0 Å². The van der Waals surface area contributed by atoms with Crippen molar-refractivity contribution in [2.24, 2.45) is 0 Å². The number of imidazole rings is 1. The number of nitrogens with one attached hydrogen (secondary N) is 1. The number of anilines is 1. The molecule has 8 nitrogen and oxygen atoms in total. The van der Waals surface area contributed by atoms with Crippen molar-refractivity contribution in [1.82, 2.24) is 14.5 Å². The summed E-state index contributed by atoms with van der Waals surface area (Å²) in [7, 11) is 4.57. The van der Waals surface area contributed by atoms with Crippen molar-refractivity contribution in [3.8, 4) is 17.2 Å². The molecule has 0 bridgehead atoms. The molecule has 1 N–H and O–H groups in total. The van der Waals surface area contributed by atoms with Gasteiger partial charge in [0.15, 0.2) is 11.5 Å². The van der Waals surface area contributed by atoms with E-state index in [9.17, 15) is 4.79 Å². The van der Waals surface area contributed by atoms with Crippen LogP contribution in [0.2, 0.25) is 0 Å². The highest BCUT2D eigenvalue weighted by Gasteiger charge is 2.22. The largest absolute Gasteiger partial charge is 0.493 e. The van der Waals surface area contributed by atoms with Crippen molar-refractivity contribution >= 4 is 22.6 Å². The van der Waals surface area contributed by atoms with Gasteiger partial charge in [-0.3, -0.25) is 9.69 Å². The van der Waals surface area contributed by atoms with Crippen LogP contribution in [0.4, 0.5) is 5.69 Å². The Hall–Kier alpha value is -3.26. The number of hydrogen-bond acceptors (Lipinski definition) is 6. The molecule has 1 aromatic heterocycles. The Kier molecular flexibility index (Phi) is 5.73. The van der Waals surface area contributed by atoms with Gasteiger partial charge in [0.05, 0.1) is 38.9 Å². The average Bonchev–Trinajstić information content (AvgIpc) is 3.14. The molecule has 2 heterocycles. The van der Waals surface area contributed by atoms with Crippen molar-refractivity contribution in [1.29, 1.82) is 0 Å². The van der Waals surface area contributed by atoms with Gasteiger partial charge in [0.2, 0.25) is 5.75 Å². The molecule has 0 saturated carbocycles. The van der Waals surface area contributed by atoms with Crippen LogP contribution < -0.4 is 19.5 Å². The average molecular weight is 425 g/mol. The lowest BCUT2D eigenvalue weighted by Gasteiger charge is -2.30. The molecule has 8 heteroatoms. The van der Waals surface area contributed by atoms with Gasteiger partial charge >= 0.3 is 0 Å². The molecule has 1 aliphatic heterocycles. The minimum atomic E-state index is -0.270. The molecule has 0 saturated heterocycles. The number of aromatic nitrogens is 2. The van der Waals surface area contributed by atoms with Crippen LogP contribution in [0.25, 0.3) is 11.0 Å². The second-order valence-electron chi connectivity index (χ2n) is 7.82. The first-order valence-corrected chi connectivity index (χ1v) is 10.3. The monoisotopic (exact) mass is 424 g/mol. The van der Waals surface area contributed by atoms with E-state index in [4.69, 9.17) is 19.2 Å². The Morgan fingerprint density at radius 2 is 1.74 bits per heavy atom. The summed E-state index contributed by atoms with van der Waals surface area (Å²) >= 11 is 0. The second kappa shape index (κ2) is 8.47. The van der Waals surface area contributed by atoms with E-state index in [2.05, 4.69) is 28.6 Å². The van der Waals surface area contributed by atoms with E-state index >= 15 is 0 Å². The van der Waals surface area contributed by atoms with E-state index in [0.717, 1.165) is 36.5 Å². The highest BCUT2D eigenvalue weighted by Crippen LogP contribution is 2.38. The van der Waals surface area contributed by atoms with E-state index in [0.29, 0.717) is 34.5 Å². The zero-order valence-electron chi connectivity index (χ0n) is 18.6. The van der Waals surface area contributed by atoms with Gasteiger partial charge in [-0.15, -0.1) is 0 Å². The molecule has 164 valence electrons. The van der Waals surface area contributed by atoms with E-state index < -0.39 is 0 Å². The first-order valence-electron chi connectivity index (χ1n) is 10.3. The van der Waals surface area contributed by atoms with Crippen molar-refractivity contribution < 1.29 is 19.0 Å². The summed E-state index contributed by atoms with van der Waals surface area (Å²) in [4.78, 5) is 20.1. The van der Waals surface area contributed by atoms with Gasteiger partial charge in [0.25, 0.3) is 5.91 Å². The molecule has 3 aromatic rings. The maximum Gasteiger partial charge on any atom is 0.255 e. The van der Waals surface area contributed by atoms with Gasteiger partial charge in [-0.2, -0.15) is 0 Å². The molecule has 0 radical (unpaired) electrons. The van der Waals surface area contributed by atoms with E-state index in [1.165, 1.54) is 21.3 Å².